The van der Waals surface area contributed by atoms with Crippen LogP contribution in [0, 0.1) is 5.92 Å². The maximum absolute atomic E-state index is 13.2. The van der Waals surface area contributed by atoms with Gasteiger partial charge in [-0.2, -0.15) is 0 Å². The van der Waals surface area contributed by atoms with E-state index < -0.39 is 0 Å². The molecule has 0 bridgehead atoms. The van der Waals surface area contributed by atoms with Gasteiger partial charge < -0.3 is 24.0 Å². The van der Waals surface area contributed by atoms with Crippen molar-refractivity contribution in [3.63, 3.8) is 0 Å². The molecule has 0 fully saturated rings. The fourth-order valence-corrected chi connectivity index (χ4v) is 3.61. The summed E-state index contributed by atoms with van der Waals surface area (Å²) in [6.07, 6.45) is 2.90. The SMILES string of the molecule is CCC(C)Cn1c[n+](C)c2c1C(=O)c1cc3ccccc3cc1C2=O.[I-]. The van der Waals surface area contributed by atoms with E-state index in [1.165, 1.54) is 0 Å². The molecule has 26 heavy (non-hydrogen) atoms. The van der Waals surface area contributed by atoms with Gasteiger partial charge in [0.1, 0.15) is 0 Å². The lowest BCUT2D eigenvalue weighted by atomic mass is 9.87. The van der Waals surface area contributed by atoms with Gasteiger partial charge in [-0.3, -0.25) is 9.59 Å². The number of fused-ring (bicyclic) bond motifs is 3. The first-order chi connectivity index (χ1) is 12.0. The Morgan fingerprint density at radius 1 is 1.04 bits per heavy atom. The number of carbonyl (C=O) groups excluding carboxylic acids is 2. The Balaban J connectivity index is 0.00000196. The van der Waals surface area contributed by atoms with Crippen molar-refractivity contribution in [3.05, 3.63) is 65.2 Å². The zero-order valence-electron chi connectivity index (χ0n) is 15.1. The Bertz CT molecular complexity index is 1040. The molecule has 0 aliphatic heterocycles. The Morgan fingerprint density at radius 3 is 2.19 bits per heavy atom. The van der Waals surface area contributed by atoms with Gasteiger partial charge in [-0.15, -0.1) is 0 Å². The van der Waals surface area contributed by atoms with E-state index in [4.69, 9.17) is 0 Å². The van der Waals surface area contributed by atoms with Crippen molar-refractivity contribution in [2.75, 3.05) is 0 Å². The monoisotopic (exact) mass is 460 g/mol. The fraction of sp³-hybridized carbons (Fsp3) is 0.286. The van der Waals surface area contributed by atoms with Gasteiger partial charge in [0, 0.05) is 11.1 Å². The number of nitrogens with zero attached hydrogens (tertiary/aromatic N) is 2. The van der Waals surface area contributed by atoms with Gasteiger partial charge in [0.05, 0.1) is 13.6 Å². The Labute approximate surface area is 169 Å². The minimum atomic E-state index is -0.0687. The molecule has 134 valence electrons. The van der Waals surface area contributed by atoms with Gasteiger partial charge >= 0.3 is 0 Å². The highest BCUT2D eigenvalue weighted by atomic mass is 127. The molecule has 1 aliphatic rings. The largest absolute Gasteiger partial charge is 1.00 e. The number of ketones is 2. The van der Waals surface area contributed by atoms with Gasteiger partial charge in [0.2, 0.25) is 29.3 Å². The molecule has 0 saturated carbocycles. The van der Waals surface area contributed by atoms with Crippen molar-refractivity contribution in [2.45, 2.75) is 26.8 Å². The van der Waals surface area contributed by atoms with E-state index in [2.05, 4.69) is 13.8 Å². The number of halogens is 1. The average molecular weight is 460 g/mol. The van der Waals surface area contributed by atoms with Crippen LogP contribution in [0.15, 0.2) is 42.7 Å². The molecule has 4 nitrogen and oxygen atoms in total. The highest BCUT2D eigenvalue weighted by Gasteiger charge is 2.40. The van der Waals surface area contributed by atoms with E-state index in [0.717, 1.165) is 23.7 Å². The summed E-state index contributed by atoms with van der Waals surface area (Å²) in [5.74, 6) is 0.317. The van der Waals surface area contributed by atoms with Gasteiger partial charge in [0.25, 0.3) is 0 Å². The molecule has 0 N–H and O–H groups in total. The van der Waals surface area contributed by atoms with E-state index >= 15 is 0 Å². The second-order valence-corrected chi connectivity index (χ2v) is 6.99. The molecule has 0 amide bonds. The molecule has 5 heteroatoms. The quantitative estimate of drug-likeness (QED) is 0.326. The van der Waals surface area contributed by atoms with E-state index in [9.17, 15) is 9.59 Å². The minimum Gasteiger partial charge on any atom is -1.00 e. The summed E-state index contributed by atoms with van der Waals surface area (Å²) in [5.41, 5.74) is 2.04. The molecular weight excluding hydrogens is 439 g/mol. The second kappa shape index (κ2) is 6.95. The predicted molar refractivity (Wildman–Crippen MR) is 95.9 cm³/mol. The number of benzene rings is 2. The third kappa shape index (κ3) is 2.78. The van der Waals surface area contributed by atoms with Gasteiger partial charge in [0.15, 0.2) is 0 Å². The molecule has 3 aromatic rings. The molecule has 2 aromatic carbocycles. The second-order valence-electron chi connectivity index (χ2n) is 6.99. The van der Waals surface area contributed by atoms with Gasteiger partial charge in [-0.1, -0.05) is 38.1 Å². The van der Waals surface area contributed by atoms with Crippen molar-refractivity contribution in [2.24, 2.45) is 13.0 Å². The lowest BCUT2D eigenvalue weighted by molar-refractivity contribution is -0.672. The van der Waals surface area contributed by atoms with Crippen LogP contribution in [0.2, 0.25) is 0 Å². The number of carbonyl (C=O) groups is 2. The van der Waals surface area contributed by atoms with E-state index in [-0.39, 0.29) is 35.5 Å². The lowest BCUT2D eigenvalue weighted by Crippen LogP contribution is -3.00. The molecule has 1 atom stereocenters. The van der Waals surface area contributed by atoms with Gasteiger partial charge in [-0.05, 0) is 35.2 Å². The van der Waals surface area contributed by atoms with Crippen LogP contribution in [0.5, 0.6) is 0 Å². The topological polar surface area (TPSA) is 43.0 Å². The summed E-state index contributed by atoms with van der Waals surface area (Å²) in [6, 6.07) is 11.5. The first-order valence-corrected chi connectivity index (χ1v) is 8.72. The summed E-state index contributed by atoms with van der Waals surface area (Å²) < 4.78 is 3.73. The van der Waals surface area contributed by atoms with Crippen molar-refractivity contribution in [1.29, 1.82) is 0 Å². The fourth-order valence-electron chi connectivity index (χ4n) is 3.61. The minimum absolute atomic E-state index is 0. The molecular formula is C21H21IN2O2. The number of imidazole rings is 1. The van der Waals surface area contributed by atoms with Crippen LogP contribution in [-0.2, 0) is 13.6 Å². The van der Waals surface area contributed by atoms with E-state index in [1.54, 1.807) is 4.57 Å². The molecule has 0 radical (unpaired) electrons. The van der Waals surface area contributed by atoms with Crippen LogP contribution >= 0.6 is 0 Å². The first-order valence-electron chi connectivity index (χ1n) is 8.72. The van der Waals surface area contributed by atoms with Crippen molar-refractivity contribution in [1.82, 2.24) is 4.57 Å². The highest BCUT2D eigenvalue weighted by molar-refractivity contribution is 6.27. The van der Waals surface area contributed by atoms with Crippen LogP contribution in [0.3, 0.4) is 0 Å². The molecule has 4 rings (SSSR count). The molecule has 1 heterocycles. The summed E-state index contributed by atoms with van der Waals surface area (Å²) >= 11 is 0. The number of hydrogen-bond acceptors (Lipinski definition) is 2. The van der Waals surface area contributed by atoms with Crippen LogP contribution in [-0.4, -0.2) is 16.1 Å². The smallest absolute Gasteiger partial charge is 0.244 e. The van der Waals surface area contributed by atoms with Crippen LogP contribution in [0.1, 0.15) is 52.4 Å². The third-order valence-electron chi connectivity index (χ3n) is 5.19. The Morgan fingerprint density at radius 2 is 1.62 bits per heavy atom. The van der Waals surface area contributed by atoms with Crippen molar-refractivity contribution in [3.8, 4) is 0 Å². The summed E-state index contributed by atoms with van der Waals surface area (Å²) in [7, 11) is 1.84. The maximum Gasteiger partial charge on any atom is 0.244 e. The summed E-state index contributed by atoms with van der Waals surface area (Å²) in [4.78, 5) is 26.3. The molecule has 1 unspecified atom stereocenters. The van der Waals surface area contributed by atoms with Crippen LogP contribution in [0.4, 0.5) is 0 Å². The van der Waals surface area contributed by atoms with E-state index in [0.29, 0.717) is 28.4 Å². The normalized spacial score (nSPS) is 14.0. The number of aromatic nitrogens is 2. The molecule has 1 aromatic heterocycles. The van der Waals surface area contributed by atoms with Crippen molar-refractivity contribution >= 4 is 22.3 Å². The molecule has 0 saturated heterocycles. The van der Waals surface area contributed by atoms with Crippen molar-refractivity contribution < 1.29 is 38.1 Å². The van der Waals surface area contributed by atoms with E-state index in [1.807, 2.05) is 54.3 Å². The first kappa shape index (κ1) is 18.8. The third-order valence-corrected chi connectivity index (χ3v) is 5.19. The number of rotatable bonds is 3. The molecule has 1 aliphatic carbocycles. The number of hydrogen-bond donors (Lipinski definition) is 0. The van der Waals surface area contributed by atoms with Crippen LogP contribution < -0.4 is 28.5 Å². The summed E-state index contributed by atoms with van der Waals surface area (Å²) in [6.45, 7) is 5.03. The Hall–Kier alpha value is -2.02. The predicted octanol–water partition coefficient (Wildman–Crippen LogP) is 0.291. The van der Waals surface area contributed by atoms with Crippen LogP contribution in [0.25, 0.3) is 10.8 Å². The maximum atomic E-state index is 13.2. The highest BCUT2D eigenvalue weighted by Crippen LogP contribution is 2.30. The lowest BCUT2D eigenvalue weighted by Gasteiger charge is -2.15. The number of aryl methyl sites for hydroxylation is 1. The van der Waals surface area contributed by atoms with Gasteiger partial charge in [-0.25, -0.2) is 9.13 Å². The average Bonchev–Trinajstić information content (AvgIpc) is 2.94. The zero-order valence-corrected chi connectivity index (χ0v) is 17.3. The Kier molecular flexibility index (Phi) is 5.01. The standard InChI is InChI=1S/C21H21N2O2.HI/c1-4-13(2)11-23-12-22(3)18-19(23)21(25)17-10-15-8-6-5-7-14(15)9-16(17)20(18)24;/h5-10,12-13H,4,11H2,1-3H3;1H/q+1;/p-1. The summed E-state index contributed by atoms with van der Waals surface area (Å²) in [5, 5.41) is 1.96. The molecule has 0 spiro atoms. The zero-order chi connectivity index (χ0) is 17.7.